The predicted octanol–water partition coefficient (Wildman–Crippen LogP) is 2.98. The van der Waals surface area contributed by atoms with Gasteiger partial charge in [0.25, 0.3) is 5.91 Å². The van der Waals surface area contributed by atoms with Gasteiger partial charge in [0, 0.05) is 20.1 Å². The van der Waals surface area contributed by atoms with Gasteiger partial charge in [-0.2, -0.15) is 5.26 Å². The summed E-state index contributed by atoms with van der Waals surface area (Å²) in [5, 5.41) is 23.2. The number of unbranched alkanes of at least 4 members (excludes halogenated alkanes) is 1. The second-order valence-corrected chi connectivity index (χ2v) is 7.86. The number of nitriles is 1. The molecule has 1 unspecified atom stereocenters. The summed E-state index contributed by atoms with van der Waals surface area (Å²) in [6.07, 6.45) is 1.78. The number of carbonyl (C=O) groups is 3. The van der Waals surface area contributed by atoms with E-state index in [0.29, 0.717) is 32.4 Å². The van der Waals surface area contributed by atoms with Crippen LogP contribution in [0.15, 0.2) is 35.9 Å². The average molecular weight is 429 g/mol. The quantitative estimate of drug-likeness (QED) is 0.284. The van der Waals surface area contributed by atoms with Gasteiger partial charge in [-0.15, -0.1) is 0 Å². The Morgan fingerprint density at radius 3 is 2.39 bits per heavy atom. The van der Waals surface area contributed by atoms with Crippen LogP contribution in [-0.2, 0) is 16.1 Å². The van der Waals surface area contributed by atoms with E-state index in [2.05, 4.69) is 10.6 Å². The van der Waals surface area contributed by atoms with E-state index in [0.717, 1.165) is 11.1 Å². The number of carboxylic acid groups (broad SMARTS) is 1. The van der Waals surface area contributed by atoms with E-state index in [-0.39, 0.29) is 23.3 Å². The summed E-state index contributed by atoms with van der Waals surface area (Å²) in [6.45, 7) is 6.48. The Labute approximate surface area is 183 Å². The molecule has 1 aromatic carbocycles. The number of benzene rings is 1. The van der Waals surface area contributed by atoms with Crippen LogP contribution in [0.5, 0.6) is 0 Å². The minimum atomic E-state index is -1.26. The largest absolute Gasteiger partial charge is 0.465 e. The number of likely N-dealkylation sites (N-methyl/N-ethyl adjacent to an activating group) is 1. The lowest BCUT2D eigenvalue weighted by molar-refractivity contribution is -0.126. The van der Waals surface area contributed by atoms with E-state index in [4.69, 9.17) is 10.4 Å². The molecule has 0 heterocycles. The number of hydrogen-bond donors (Lipinski definition) is 3. The summed E-state index contributed by atoms with van der Waals surface area (Å²) < 4.78 is 0. The molecule has 8 nitrogen and oxygen atoms in total. The number of nitrogens with one attached hydrogen (secondary N) is 2. The van der Waals surface area contributed by atoms with Gasteiger partial charge in [0.1, 0.15) is 17.7 Å². The number of allylic oxidation sites excluding steroid dienone is 1. The maximum Gasteiger partial charge on any atom is 0.405 e. The fourth-order valence-corrected chi connectivity index (χ4v) is 2.93. The molecule has 3 N–H and O–H groups in total. The molecule has 0 aromatic heterocycles. The topological polar surface area (TPSA) is 123 Å². The molecule has 3 amide bonds. The third kappa shape index (κ3) is 9.81. The second-order valence-electron chi connectivity index (χ2n) is 7.86. The lowest BCUT2D eigenvalue weighted by Crippen LogP contribution is -2.46. The van der Waals surface area contributed by atoms with Gasteiger partial charge < -0.3 is 20.6 Å². The van der Waals surface area contributed by atoms with Crippen molar-refractivity contribution in [2.75, 3.05) is 13.6 Å². The third-order valence-electron chi connectivity index (χ3n) is 4.64. The second kappa shape index (κ2) is 13.1. The van der Waals surface area contributed by atoms with Crippen LogP contribution in [0.25, 0.3) is 0 Å². The summed E-state index contributed by atoms with van der Waals surface area (Å²) in [5.74, 6) is -0.639. The molecule has 0 radical (unpaired) electrons. The molecule has 0 aliphatic rings. The zero-order valence-electron chi connectivity index (χ0n) is 18.6. The Balaban J connectivity index is 2.54. The lowest BCUT2D eigenvalue weighted by Gasteiger charge is -2.19. The number of carbonyl (C=O) groups excluding carboxylic acids is 2. The molecule has 31 heavy (non-hydrogen) atoms. The van der Waals surface area contributed by atoms with E-state index in [1.54, 1.807) is 13.1 Å². The molecule has 0 saturated carbocycles. The van der Waals surface area contributed by atoms with Crippen molar-refractivity contribution in [3.63, 3.8) is 0 Å². The van der Waals surface area contributed by atoms with E-state index >= 15 is 0 Å². The Morgan fingerprint density at radius 1 is 1.19 bits per heavy atom. The fraction of sp³-hybridized carbons (Fsp3) is 0.478. The Kier molecular flexibility index (Phi) is 10.8. The molecule has 0 fully saturated rings. The summed E-state index contributed by atoms with van der Waals surface area (Å²) in [4.78, 5) is 37.3. The molecule has 1 aromatic rings. The zero-order chi connectivity index (χ0) is 23.4. The first-order valence-electron chi connectivity index (χ1n) is 10.3. The van der Waals surface area contributed by atoms with Gasteiger partial charge in [0.15, 0.2) is 0 Å². The van der Waals surface area contributed by atoms with Crippen LogP contribution >= 0.6 is 0 Å². The van der Waals surface area contributed by atoms with Crippen LogP contribution in [0, 0.1) is 24.2 Å². The average Bonchev–Trinajstić information content (AvgIpc) is 2.72. The summed E-state index contributed by atoms with van der Waals surface area (Å²) >= 11 is 0. The minimum absolute atomic E-state index is 0.0910. The highest BCUT2D eigenvalue weighted by Gasteiger charge is 2.20. The smallest absolute Gasteiger partial charge is 0.405 e. The molecule has 8 heteroatoms. The lowest BCUT2D eigenvalue weighted by atomic mass is 10.1. The zero-order valence-corrected chi connectivity index (χ0v) is 18.6. The van der Waals surface area contributed by atoms with Crippen LogP contribution in [0.4, 0.5) is 4.79 Å². The van der Waals surface area contributed by atoms with Crippen molar-refractivity contribution in [3.8, 4) is 6.07 Å². The SMILES string of the molecule is Cc1ccc(CNC(=O)C(CCCCN(C)C(=O)C(C#N)=CC(C)C)NC(=O)O)cc1. The van der Waals surface area contributed by atoms with E-state index in [1.807, 2.05) is 51.1 Å². The van der Waals surface area contributed by atoms with E-state index < -0.39 is 12.1 Å². The van der Waals surface area contributed by atoms with Crippen molar-refractivity contribution < 1.29 is 19.5 Å². The normalized spacial score (nSPS) is 12.1. The van der Waals surface area contributed by atoms with Gasteiger partial charge in [0.2, 0.25) is 5.91 Å². The summed E-state index contributed by atoms with van der Waals surface area (Å²) in [7, 11) is 1.62. The number of rotatable bonds is 11. The standard InChI is InChI=1S/C23H32N4O4/c1-16(2)13-19(14-24)22(29)27(4)12-6-5-7-20(26-23(30)31)21(28)25-15-18-10-8-17(3)9-11-18/h8-11,13,16,20,26H,5-7,12,15H2,1-4H3,(H,25,28)(H,30,31). The summed E-state index contributed by atoms with van der Waals surface area (Å²) in [5.41, 5.74) is 2.15. The molecule has 0 aliphatic carbocycles. The fourth-order valence-electron chi connectivity index (χ4n) is 2.93. The van der Waals surface area contributed by atoms with Crippen molar-refractivity contribution in [2.24, 2.45) is 5.92 Å². The number of hydrogen-bond acceptors (Lipinski definition) is 4. The van der Waals surface area contributed by atoms with Crippen molar-refractivity contribution in [3.05, 3.63) is 47.0 Å². The van der Waals surface area contributed by atoms with E-state index in [1.165, 1.54) is 4.90 Å². The maximum atomic E-state index is 12.4. The van der Waals surface area contributed by atoms with Crippen molar-refractivity contribution in [1.29, 1.82) is 5.26 Å². The van der Waals surface area contributed by atoms with Crippen molar-refractivity contribution >= 4 is 17.9 Å². The van der Waals surface area contributed by atoms with E-state index in [9.17, 15) is 14.4 Å². The Morgan fingerprint density at radius 2 is 1.84 bits per heavy atom. The van der Waals surface area contributed by atoms with Gasteiger partial charge in [-0.05, 0) is 37.7 Å². The number of aryl methyl sites for hydroxylation is 1. The monoisotopic (exact) mass is 428 g/mol. The van der Waals surface area contributed by atoms with Crippen LogP contribution in [0.1, 0.15) is 44.2 Å². The highest BCUT2D eigenvalue weighted by atomic mass is 16.4. The first kappa shape index (κ1) is 25.7. The predicted molar refractivity (Wildman–Crippen MR) is 118 cm³/mol. The Bertz CT molecular complexity index is 825. The summed E-state index contributed by atoms with van der Waals surface area (Å²) in [6, 6.07) is 8.76. The van der Waals surface area contributed by atoms with Gasteiger partial charge >= 0.3 is 6.09 Å². The highest BCUT2D eigenvalue weighted by molar-refractivity contribution is 5.97. The molecular formula is C23H32N4O4. The van der Waals surface area contributed by atoms with Gasteiger partial charge in [-0.1, -0.05) is 49.8 Å². The molecule has 0 saturated heterocycles. The number of amides is 3. The maximum absolute atomic E-state index is 12.4. The molecule has 0 spiro atoms. The number of nitrogens with zero attached hydrogens (tertiary/aromatic N) is 2. The van der Waals surface area contributed by atoms with Crippen molar-refractivity contribution in [2.45, 2.75) is 52.6 Å². The van der Waals surface area contributed by atoms with Crippen LogP contribution in [0.2, 0.25) is 0 Å². The van der Waals surface area contributed by atoms with Crippen LogP contribution in [0.3, 0.4) is 0 Å². The molecule has 1 rings (SSSR count). The van der Waals surface area contributed by atoms with Crippen LogP contribution < -0.4 is 10.6 Å². The molecular weight excluding hydrogens is 396 g/mol. The van der Waals surface area contributed by atoms with Crippen molar-refractivity contribution in [1.82, 2.24) is 15.5 Å². The molecule has 1 atom stereocenters. The van der Waals surface area contributed by atoms with Gasteiger partial charge in [-0.3, -0.25) is 9.59 Å². The Hall–Kier alpha value is -3.34. The molecule has 0 bridgehead atoms. The highest BCUT2D eigenvalue weighted by Crippen LogP contribution is 2.08. The van der Waals surface area contributed by atoms with Gasteiger partial charge in [0.05, 0.1) is 0 Å². The van der Waals surface area contributed by atoms with Crippen LogP contribution in [-0.4, -0.2) is 47.5 Å². The first-order valence-corrected chi connectivity index (χ1v) is 10.3. The minimum Gasteiger partial charge on any atom is -0.465 e. The third-order valence-corrected chi connectivity index (χ3v) is 4.64. The first-order chi connectivity index (χ1) is 14.6. The van der Waals surface area contributed by atoms with Gasteiger partial charge in [-0.25, -0.2) is 4.79 Å². The molecule has 168 valence electrons. The molecule has 0 aliphatic heterocycles.